The maximum Gasteiger partial charge on any atom is 0.253 e. The van der Waals surface area contributed by atoms with Crippen molar-refractivity contribution in [3.63, 3.8) is 0 Å². The first-order valence-electron chi connectivity index (χ1n) is 12.9. The smallest absolute Gasteiger partial charge is 0.253 e. The molecule has 1 saturated carbocycles. The van der Waals surface area contributed by atoms with E-state index in [4.69, 9.17) is 9.15 Å². The topological polar surface area (TPSA) is 102 Å². The van der Waals surface area contributed by atoms with E-state index >= 15 is 0 Å². The van der Waals surface area contributed by atoms with Gasteiger partial charge in [0.25, 0.3) is 5.56 Å². The summed E-state index contributed by atoms with van der Waals surface area (Å²) in [7, 11) is 0. The summed E-state index contributed by atoms with van der Waals surface area (Å²) in [5.41, 5.74) is 2.43. The molecule has 4 aromatic rings. The molecule has 0 radical (unpaired) electrons. The number of nitrogens with one attached hydrogen (secondary N) is 1. The molecule has 0 unspecified atom stereocenters. The molecule has 2 aliphatic rings. The SMILES string of the molecule is Cc1ccc2cc([C@@H](c3nnnn3C3CCCC3)N(Cc3ccco3)C[C@H]3CCCO3)c(=O)[nH]c2c1. The van der Waals surface area contributed by atoms with Gasteiger partial charge >= 0.3 is 0 Å². The molecule has 2 fully saturated rings. The molecule has 9 heteroatoms. The van der Waals surface area contributed by atoms with Crippen LogP contribution in [-0.4, -0.2) is 49.3 Å². The Balaban J connectivity index is 1.50. The number of tetrazole rings is 1. The number of aromatic amines is 1. The highest BCUT2D eigenvalue weighted by molar-refractivity contribution is 5.79. The monoisotopic (exact) mass is 488 g/mol. The van der Waals surface area contributed by atoms with Gasteiger partial charge in [-0.1, -0.05) is 25.0 Å². The lowest BCUT2D eigenvalue weighted by Gasteiger charge is -2.32. The predicted molar refractivity (Wildman–Crippen MR) is 135 cm³/mol. The Hall–Kier alpha value is -3.30. The Morgan fingerprint density at radius 2 is 2.06 bits per heavy atom. The summed E-state index contributed by atoms with van der Waals surface area (Å²) in [6.07, 6.45) is 8.21. The predicted octanol–water partition coefficient (Wildman–Crippen LogP) is 4.30. The number of rotatable bonds is 8. The Morgan fingerprint density at radius 3 is 2.83 bits per heavy atom. The van der Waals surface area contributed by atoms with Crippen LogP contribution in [0.25, 0.3) is 10.9 Å². The molecule has 1 aromatic carbocycles. The molecular weight excluding hydrogens is 456 g/mol. The number of benzene rings is 1. The minimum atomic E-state index is -0.454. The first-order chi connectivity index (χ1) is 17.7. The molecule has 4 heterocycles. The van der Waals surface area contributed by atoms with Gasteiger partial charge in [0.15, 0.2) is 5.82 Å². The van der Waals surface area contributed by atoms with Gasteiger partial charge in [0.2, 0.25) is 0 Å². The average Bonchev–Trinajstić information content (AvgIpc) is 3.68. The Kier molecular flexibility index (Phi) is 6.41. The Morgan fingerprint density at radius 1 is 1.17 bits per heavy atom. The zero-order valence-electron chi connectivity index (χ0n) is 20.6. The van der Waals surface area contributed by atoms with E-state index in [1.165, 1.54) is 0 Å². The van der Waals surface area contributed by atoms with Gasteiger partial charge in [-0.25, -0.2) is 4.68 Å². The van der Waals surface area contributed by atoms with Crippen LogP contribution in [0.2, 0.25) is 0 Å². The van der Waals surface area contributed by atoms with Gasteiger partial charge in [-0.2, -0.15) is 0 Å². The number of aromatic nitrogens is 5. The summed E-state index contributed by atoms with van der Waals surface area (Å²) < 4.78 is 13.7. The van der Waals surface area contributed by atoms with Crippen LogP contribution in [0.15, 0.2) is 51.9 Å². The molecule has 0 bridgehead atoms. The number of hydrogen-bond acceptors (Lipinski definition) is 7. The van der Waals surface area contributed by atoms with E-state index in [1.54, 1.807) is 6.26 Å². The molecule has 3 aromatic heterocycles. The van der Waals surface area contributed by atoms with Crippen molar-refractivity contribution in [2.45, 2.75) is 70.2 Å². The second-order valence-electron chi connectivity index (χ2n) is 10.1. The van der Waals surface area contributed by atoms with E-state index in [9.17, 15) is 4.79 Å². The Bertz CT molecular complexity index is 1370. The average molecular weight is 489 g/mol. The highest BCUT2D eigenvalue weighted by Crippen LogP contribution is 2.35. The molecule has 1 aliphatic carbocycles. The lowest BCUT2D eigenvalue weighted by Crippen LogP contribution is -2.39. The second-order valence-corrected chi connectivity index (χ2v) is 10.1. The van der Waals surface area contributed by atoms with E-state index < -0.39 is 6.04 Å². The third-order valence-corrected chi connectivity index (χ3v) is 7.52. The maximum atomic E-state index is 13.6. The minimum absolute atomic E-state index is 0.0838. The van der Waals surface area contributed by atoms with Crippen LogP contribution in [0, 0.1) is 6.92 Å². The quantitative estimate of drug-likeness (QED) is 0.394. The molecular formula is C27H32N6O3. The van der Waals surface area contributed by atoms with Crippen molar-refractivity contribution in [2.24, 2.45) is 0 Å². The lowest BCUT2D eigenvalue weighted by molar-refractivity contribution is 0.0541. The van der Waals surface area contributed by atoms with Crippen molar-refractivity contribution in [3.05, 3.63) is 75.7 Å². The standard InChI is InChI=1S/C27H32N6O3/c1-18-10-11-19-15-23(27(34)28-24(19)14-18)25(26-29-30-31-33(26)20-6-2-3-7-20)32(16-21-8-4-12-35-21)17-22-9-5-13-36-22/h4,8,10-12,14-15,20,22,25H,2-3,5-7,9,13,16-17H2,1H3,(H,28,34)/t22-,25+/m1/s1. The maximum absolute atomic E-state index is 13.6. The van der Waals surface area contributed by atoms with E-state index in [1.807, 2.05) is 35.9 Å². The molecule has 1 aliphatic heterocycles. The van der Waals surface area contributed by atoms with Crippen LogP contribution in [0.5, 0.6) is 0 Å². The number of ether oxygens (including phenoxy) is 1. The van der Waals surface area contributed by atoms with Gasteiger partial charge in [-0.05, 0) is 78.2 Å². The first kappa shape index (κ1) is 23.1. The molecule has 1 saturated heterocycles. The zero-order chi connectivity index (χ0) is 24.5. The van der Waals surface area contributed by atoms with Gasteiger partial charge in [0.05, 0.1) is 25.0 Å². The number of fused-ring (bicyclic) bond motifs is 1. The second kappa shape index (κ2) is 9.99. The van der Waals surface area contributed by atoms with Crippen LogP contribution < -0.4 is 5.56 Å². The minimum Gasteiger partial charge on any atom is -0.468 e. The molecule has 0 spiro atoms. The summed E-state index contributed by atoms with van der Waals surface area (Å²) in [4.78, 5) is 19.0. The van der Waals surface area contributed by atoms with Crippen molar-refractivity contribution in [2.75, 3.05) is 13.2 Å². The summed E-state index contributed by atoms with van der Waals surface area (Å²) in [6, 6.07) is 11.8. The molecule has 6 rings (SSSR count). The third kappa shape index (κ3) is 4.60. The van der Waals surface area contributed by atoms with Crippen molar-refractivity contribution in [1.82, 2.24) is 30.1 Å². The first-order valence-corrected chi connectivity index (χ1v) is 12.9. The van der Waals surface area contributed by atoms with E-state index in [0.717, 1.165) is 67.4 Å². The van der Waals surface area contributed by atoms with E-state index in [2.05, 4.69) is 37.5 Å². The van der Waals surface area contributed by atoms with Crippen LogP contribution in [0.3, 0.4) is 0 Å². The number of H-pyrrole nitrogens is 1. The summed E-state index contributed by atoms with van der Waals surface area (Å²) in [5.74, 6) is 1.52. The fourth-order valence-corrected chi connectivity index (χ4v) is 5.74. The van der Waals surface area contributed by atoms with Gasteiger partial charge < -0.3 is 14.1 Å². The number of hydrogen-bond donors (Lipinski definition) is 1. The van der Waals surface area contributed by atoms with Gasteiger partial charge in [0, 0.05) is 24.2 Å². The number of pyridine rings is 1. The molecule has 2 atom stereocenters. The Labute approximate surface area is 209 Å². The van der Waals surface area contributed by atoms with Crippen molar-refractivity contribution < 1.29 is 9.15 Å². The highest BCUT2D eigenvalue weighted by Gasteiger charge is 2.35. The summed E-state index contributed by atoms with van der Waals surface area (Å²) in [6.45, 7) is 3.95. The van der Waals surface area contributed by atoms with Crippen LogP contribution >= 0.6 is 0 Å². The van der Waals surface area contributed by atoms with Gasteiger partial charge in [-0.15, -0.1) is 5.10 Å². The molecule has 9 nitrogen and oxygen atoms in total. The molecule has 1 N–H and O–H groups in total. The fourth-order valence-electron chi connectivity index (χ4n) is 5.74. The number of nitrogens with zero attached hydrogens (tertiary/aromatic N) is 5. The largest absolute Gasteiger partial charge is 0.468 e. The van der Waals surface area contributed by atoms with Crippen LogP contribution in [-0.2, 0) is 11.3 Å². The van der Waals surface area contributed by atoms with E-state index in [-0.39, 0.29) is 17.7 Å². The normalized spacial score (nSPS) is 19.6. The molecule has 188 valence electrons. The number of furan rings is 1. The summed E-state index contributed by atoms with van der Waals surface area (Å²) >= 11 is 0. The van der Waals surface area contributed by atoms with Crippen LogP contribution in [0.1, 0.15) is 73.3 Å². The number of aryl methyl sites for hydroxylation is 1. The van der Waals surface area contributed by atoms with Crippen molar-refractivity contribution in [1.29, 1.82) is 0 Å². The zero-order valence-corrected chi connectivity index (χ0v) is 20.6. The van der Waals surface area contributed by atoms with Gasteiger partial charge in [0.1, 0.15) is 11.8 Å². The highest BCUT2D eigenvalue weighted by atomic mass is 16.5. The van der Waals surface area contributed by atoms with Crippen molar-refractivity contribution in [3.8, 4) is 0 Å². The van der Waals surface area contributed by atoms with E-state index in [0.29, 0.717) is 24.5 Å². The third-order valence-electron chi connectivity index (χ3n) is 7.52. The lowest BCUT2D eigenvalue weighted by atomic mass is 10.0. The molecule has 36 heavy (non-hydrogen) atoms. The summed E-state index contributed by atoms with van der Waals surface area (Å²) in [5, 5.41) is 14.0. The van der Waals surface area contributed by atoms with Crippen molar-refractivity contribution >= 4 is 10.9 Å². The molecule has 0 amide bonds. The van der Waals surface area contributed by atoms with Crippen LogP contribution in [0.4, 0.5) is 0 Å². The van der Waals surface area contributed by atoms with Gasteiger partial charge in [-0.3, -0.25) is 9.69 Å². The fraction of sp³-hybridized carbons (Fsp3) is 0.481.